The Bertz CT molecular complexity index is 681. The van der Waals surface area contributed by atoms with Crippen LogP contribution >= 0.6 is 0 Å². The summed E-state index contributed by atoms with van der Waals surface area (Å²) >= 11 is 0. The second kappa shape index (κ2) is 52.9. The number of rotatable bonds is 3. The predicted octanol–water partition coefficient (Wildman–Crippen LogP) is 1.77. The van der Waals surface area contributed by atoms with E-state index in [0.29, 0.717) is 6.61 Å². The van der Waals surface area contributed by atoms with Crippen LogP contribution in [-0.2, 0) is 39.2 Å². The van der Waals surface area contributed by atoms with Crippen molar-refractivity contribution in [3.05, 3.63) is 0 Å². The molecule has 0 aliphatic carbocycles. The molecule has 0 aliphatic rings. The topological polar surface area (TPSA) is 218 Å². The maximum atomic E-state index is 9.96. The maximum absolute atomic E-state index is 9.96. The van der Waals surface area contributed by atoms with E-state index in [2.05, 4.69) is 35.4 Å². The minimum Gasteiger partial charge on any atom is -0.466 e. The first-order chi connectivity index (χ1) is 15.2. The van der Waals surface area contributed by atoms with Gasteiger partial charge in [-0.3, -0.25) is 14.4 Å². The Morgan fingerprint density at radius 2 is 0.725 bits per heavy atom. The molecule has 0 spiro atoms. The summed E-state index contributed by atoms with van der Waals surface area (Å²) < 4.78 is 48.1. The molecule has 0 bridgehead atoms. The van der Waals surface area contributed by atoms with Crippen molar-refractivity contribution < 1.29 is 40.8 Å². The maximum Gasteiger partial charge on any atom is 0.314 e. The summed E-state index contributed by atoms with van der Waals surface area (Å²) in [6, 6.07) is -0.157. The van der Waals surface area contributed by atoms with Crippen molar-refractivity contribution >= 4 is 43.9 Å². The average Bonchev–Trinajstić information content (AvgIpc) is 2.74. The van der Waals surface area contributed by atoms with E-state index >= 15 is 0 Å². The SMILES string of the molecule is C.C.C.C.C.C.CCOC(C)=O.CNC(=O)NC.CNC(C)=O.CNC(C)=O.CNS(C)(=O)=O.CNS(C)(=O)=O. The molecule has 0 aliphatic heterocycles. The van der Waals surface area contributed by atoms with Crippen LogP contribution in [0.25, 0.3) is 0 Å². The van der Waals surface area contributed by atoms with E-state index in [-0.39, 0.29) is 68.4 Å². The number of hydrogen-bond acceptors (Lipinski definition) is 9. The van der Waals surface area contributed by atoms with Gasteiger partial charge in [-0.25, -0.2) is 31.1 Å². The molecular weight excluding hydrogens is 568 g/mol. The molecule has 0 radical (unpaired) electrons. The molecule has 0 aromatic heterocycles. The van der Waals surface area contributed by atoms with Gasteiger partial charge in [0.1, 0.15) is 0 Å². The second-order valence-electron chi connectivity index (χ2n) is 5.32. The Morgan fingerprint density at radius 1 is 0.550 bits per heavy atom. The first kappa shape index (κ1) is 76.8. The van der Waals surface area contributed by atoms with Crippen molar-refractivity contribution in [2.45, 2.75) is 72.3 Å². The average molecular weight is 637 g/mol. The Hall–Kier alpha value is -2.50. The standard InChI is InChI=1S/C4H8O2.C3H8N2O.2C3H7NO.2C2H7NO2S.6CH4/c1-3-6-4(2)5;1-4-3(6)5-2;2*1-3(5)4-2;2*1-3-6(2,4)5;;;;;;/h3H2,1-2H3;1-2H3,(H2,4,5,6);2*1-2H3,(H,4,5);2*3H,1-2H3;6*1H4. The van der Waals surface area contributed by atoms with Gasteiger partial charge >= 0.3 is 12.0 Å². The van der Waals surface area contributed by atoms with Crippen LogP contribution in [-0.4, -0.2) is 102 Å². The zero-order valence-corrected chi connectivity index (χ0v) is 23.8. The highest BCUT2D eigenvalue weighted by Crippen LogP contribution is 1.69. The summed E-state index contributed by atoms with van der Waals surface area (Å²) in [6.07, 6.45) is 2.21. The summed E-state index contributed by atoms with van der Waals surface area (Å²) in [7, 11) is 3.25. The molecule has 256 valence electrons. The van der Waals surface area contributed by atoms with Gasteiger partial charge < -0.3 is 26.0 Å². The zero-order valence-electron chi connectivity index (χ0n) is 22.2. The number of ether oxygens (including phenoxy) is 1. The summed E-state index contributed by atoms with van der Waals surface area (Å²) in [4.78, 5) is 39.2. The van der Waals surface area contributed by atoms with Crippen molar-refractivity contribution in [2.75, 3.05) is 61.4 Å². The summed E-state index contributed by atoms with van der Waals surface area (Å²) in [5.41, 5.74) is 0. The van der Waals surface area contributed by atoms with Crippen molar-refractivity contribution in [3.63, 3.8) is 0 Å². The normalized spacial score (nSPS) is 7.40. The molecule has 4 amide bonds. The summed E-state index contributed by atoms with van der Waals surface area (Å²) in [5, 5.41) is 9.51. The van der Waals surface area contributed by atoms with Gasteiger partial charge in [-0.2, -0.15) is 0 Å². The van der Waals surface area contributed by atoms with Crippen LogP contribution in [0.15, 0.2) is 0 Å². The number of urea groups is 1. The van der Waals surface area contributed by atoms with E-state index in [0.717, 1.165) is 12.5 Å². The Labute approximate surface area is 248 Å². The van der Waals surface area contributed by atoms with Gasteiger partial charge in [-0.15, -0.1) is 0 Å². The third-order valence-electron chi connectivity index (χ3n) is 2.25. The van der Waals surface area contributed by atoms with E-state index in [1.807, 2.05) is 0 Å². The highest BCUT2D eigenvalue weighted by Gasteiger charge is 1.89. The molecule has 0 fully saturated rings. The van der Waals surface area contributed by atoms with Crippen LogP contribution in [0.3, 0.4) is 0 Å². The number of carbonyl (C=O) groups excluding carboxylic acids is 4. The number of carbonyl (C=O) groups is 4. The van der Waals surface area contributed by atoms with Gasteiger partial charge in [0.25, 0.3) is 0 Å². The van der Waals surface area contributed by atoms with E-state index in [1.54, 1.807) is 35.1 Å². The Balaban J connectivity index is -0.0000000229. The molecule has 0 atom stereocenters. The third-order valence-corrected chi connectivity index (χ3v) is 3.73. The fourth-order valence-electron chi connectivity index (χ4n) is 0.328. The molecule has 40 heavy (non-hydrogen) atoms. The van der Waals surface area contributed by atoms with Crippen LogP contribution < -0.4 is 30.7 Å². The van der Waals surface area contributed by atoms with E-state index < -0.39 is 20.0 Å². The van der Waals surface area contributed by atoms with Gasteiger partial charge in [0.15, 0.2) is 0 Å². The number of sulfonamides is 2. The molecular formula is C23H68N6O9S2. The molecule has 0 saturated heterocycles. The highest BCUT2D eigenvalue weighted by molar-refractivity contribution is 7.88. The number of hydrogen-bond donors (Lipinski definition) is 6. The van der Waals surface area contributed by atoms with Gasteiger partial charge in [-0.05, 0) is 21.0 Å². The fourth-order valence-corrected chi connectivity index (χ4v) is 0.328. The third kappa shape index (κ3) is 201. The van der Waals surface area contributed by atoms with Gasteiger partial charge in [0, 0.05) is 49.0 Å². The summed E-state index contributed by atoms with van der Waals surface area (Å²) in [6.45, 7) is 6.60. The molecule has 0 heterocycles. The minimum absolute atomic E-state index is 0. The van der Waals surface area contributed by atoms with E-state index in [9.17, 15) is 36.0 Å². The first-order valence-electron chi connectivity index (χ1n) is 9.41. The minimum atomic E-state index is -2.91. The molecule has 0 saturated carbocycles. The van der Waals surface area contributed by atoms with Crippen LogP contribution in [0, 0.1) is 0 Å². The predicted molar refractivity (Wildman–Crippen MR) is 173 cm³/mol. The lowest BCUT2D eigenvalue weighted by molar-refractivity contribution is -0.140. The number of esters is 1. The lowest BCUT2D eigenvalue weighted by atomic mass is 10.7. The molecule has 0 aromatic carbocycles. The Morgan fingerprint density at radius 3 is 0.725 bits per heavy atom. The highest BCUT2D eigenvalue weighted by atomic mass is 32.2. The van der Waals surface area contributed by atoms with Gasteiger partial charge in [0.05, 0.1) is 19.1 Å². The lowest BCUT2D eigenvalue weighted by Gasteiger charge is -1.91. The molecule has 0 aromatic rings. The fraction of sp³-hybridized carbons (Fsp3) is 0.826. The van der Waals surface area contributed by atoms with Crippen molar-refractivity contribution in [3.8, 4) is 0 Å². The van der Waals surface area contributed by atoms with Crippen LogP contribution in [0.2, 0.25) is 0 Å². The largest absolute Gasteiger partial charge is 0.466 e. The van der Waals surface area contributed by atoms with Crippen molar-refractivity contribution in [2.24, 2.45) is 0 Å². The smallest absolute Gasteiger partial charge is 0.314 e. The van der Waals surface area contributed by atoms with Crippen LogP contribution in [0.4, 0.5) is 4.79 Å². The molecule has 15 nitrogen and oxygen atoms in total. The van der Waals surface area contributed by atoms with E-state index in [4.69, 9.17) is 0 Å². The van der Waals surface area contributed by atoms with Crippen LogP contribution in [0.5, 0.6) is 0 Å². The van der Waals surface area contributed by atoms with Crippen molar-refractivity contribution in [1.29, 1.82) is 0 Å². The monoisotopic (exact) mass is 636 g/mol. The zero-order chi connectivity index (χ0) is 29.0. The summed E-state index contributed by atoms with van der Waals surface area (Å²) in [5.74, 6) is -0.201. The molecule has 17 heteroatoms. The molecule has 0 rings (SSSR count). The van der Waals surface area contributed by atoms with Gasteiger partial charge in [-0.1, -0.05) is 44.6 Å². The number of nitrogens with one attached hydrogen (secondary N) is 6. The van der Waals surface area contributed by atoms with Crippen LogP contribution in [0.1, 0.15) is 72.3 Å². The van der Waals surface area contributed by atoms with Gasteiger partial charge in [0.2, 0.25) is 31.9 Å². The number of amides is 4. The second-order valence-corrected chi connectivity index (χ2v) is 9.22. The lowest BCUT2D eigenvalue weighted by Crippen LogP contribution is -2.28. The first-order valence-corrected chi connectivity index (χ1v) is 13.2. The Kier molecular flexibility index (Phi) is 102. The molecule has 6 N–H and O–H groups in total. The molecule has 0 unspecified atom stereocenters. The van der Waals surface area contributed by atoms with Crippen molar-refractivity contribution in [1.82, 2.24) is 30.7 Å². The van der Waals surface area contributed by atoms with E-state index in [1.165, 1.54) is 34.9 Å². The quantitative estimate of drug-likeness (QED) is 0.248.